The molecule has 0 spiro atoms. The van der Waals surface area contributed by atoms with E-state index in [1.54, 1.807) is 31.2 Å². The number of halogens is 1. The first-order valence-electron chi connectivity index (χ1n) is 10.2. The van der Waals surface area contributed by atoms with Gasteiger partial charge in [-0.25, -0.2) is 21.6 Å². The van der Waals surface area contributed by atoms with Gasteiger partial charge >= 0.3 is 5.97 Å². The number of hydrogen-bond donors (Lipinski definition) is 2. The van der Waals surface area contributed by atoms with Crippen molar-refractivity contribution in [3.63, 3.8) is 0 Å². The zero-order chi connectivity index (χ0) is 24.3. The topological polar surface area (TPSA) is 106 Å². The molecule has 2 rings (SSSR count). The first-order chi connectivity index (χ1) is 14.8. The average molecular weight is 468 g/mol. The number of allylic oxidation sites excluding steroid dienone is 1. The minimum absolute atomic E-state index is 0.126. The third-order valence-corrected chi connectivity index (χ3v) is 6.27. The van der Waals surface area contributed by atoms with E-state index in [2.05, 4.69) is 4.74 Å². The summed E-state index contributed by atoms with van der Waals surface area (Å²) in [6.45, 7) is 5.50. The highest BCUT2D eigenvalue weighted by Crippen LogP contribution is 2.38. The molecule has 2 aromatic rings. The summed E-state index contributed by atoms with van der Waals surface area (Å²) in [6, 6.07) is 5.86. The number of carbonyl (C=O) groups excluding carboxylic acids is 1. The van der Waals surface area contributed by atoms with Gasteiger partial charge in [0, 0.05) is 28.9 Å². The fourth-order valence-electron chi connectivity index (χ4n) is 3.77. The fourth-order valence-corrected chi connectivity index (χ4v) is 5.03. The molecule has 1 heterocycles. The van der Waals surface area contributed by atoms with E-state index in [0.29, 0.717) is 34.5 Å². The summed E-state index contributed by atoms with van der Waals surface area (Å²) >= 11 is 0. The molecule has 1 aromatic heterocycles. The maximum atomic E-state index is 13.5. The molecule has 0 saturated heterocycles. The summed E-state index contributed by atoms with van der Waals surface area (Å²) in [5.74, 6) is -4.19. The number of esters is 1. The molecule has 0 aliphatic carbocycles. The predicted molar refractivity (Wildman–Crippen MR) is 121 cm³/mol. The summed E-state index contributed by atoms with van der Waals surface area (Å²) < 4.78 is 44.3. The maximum Gasteiger partial charge on any atom is 0.366 e. The van der Waals surface area contributed by atoms with Crippen molar-refractivity contribution < 1.29 is 32.6 Å². The van der Waals surface area contributed by atoms with Crippen LogP contribution >= 0.6 is 0 Å². The van der Waals surface area contributed by atoms with Gasteiger partial charge in [0.2, 0.25) is 10.0 Å². The first-order valence-corrected chi connectivity index (χ1v) is 12.1. The van der Waals surface area contributed by atoms with Crippen molar-refractivity contribution in [2.45, 2.75) is 51.7 Å². The number of hydrogen-bond acceptors (Lipinski definition) is 6. The number of benzene rings is 1. The normalized spacial score (nSPS) is 12.7. The minimum Gasteiger partial charge on any atom is -0.465 e. The zero-order valence-corrected chi connectivity index (χ0v) is 19.7. The Morgan fingerprint density at radius 2 is 1.84 bits per heavy atom. The van der Waals surface area contributed by atoms with Crippen molar-refractivity contribution in [3.8, 4) is 11.1 Å². The van der Waals surface area contributed by atoms with Gasteiger partial charge in [0.05, 0.1) is 13.4 Å². The van der Waals surface area contributed by atoms with Crippen LogP contribution in [0.4, 0.5) is 4.39 Å². The van der Waals surface area contributed by atoms with Gasteiger partial charge in [-0.05, 0) is 43.4 Å². The number of carbonyl (C=O) groups is 1. The summed E-state index contributed by atoms with van der Waals surface area (Å²) in [4.78, 5) is 11.4. The van der Waals surface area contributed by atoms with Crippen LogP contribution in [0.3, 0.4) is 0 Å². The number of aliphatic hydroxyl groups is 2. The molecule has 0 radical (unpaired) electrons. The van der Waals surface area contributed by atoms with E-state index < -0.39 is 27.6 Å². The molecule has 0 saturated carbocycles. The van der Waals surface area contributed by atoms with Gasteiger partial charge in [-0.15, -0.1) is 0 Å². The first kappa shape index (κ1) is 25.8. The number of unbranched alkanes of at least 4 members (excludes halogenated alkanes) is 1. The van der Waals surface area contributed by atoms with E-state index in [0.717, 1.165) is 13.4 Å². The number of aromatic nitrogens is 1. The van der Waals surface area contributed by atoms with Gasteiger partial charge in [0.15, 0.2) is 0 Å². The van der Waals surface area contributed by atoms with Crippen LogP contribution in [0.5, 0.6) is 0 Å². The van der Waals surface area contributed by atoms with Crippen LogP contribution in [0, 0.1) is 12.7 Å². The number of ether oxygens (including phenoxy) is 1. The van der Waals surface area contributed by atoms with Gasteiger partial charge in [-0.2, -0.15) is 0 Å². The van der Waals surface area contributed by atoms with Gasteiger partial charge in [-0.3, -0.25) is 0 Å². The number of rotatable bonds is 9. The maximum absolute atomic E-state index is 13.5. The highest BCUT2D eigenvalue weighted by Gasteiger charge is 2.33. The molecule has 0 bridgehead atoms. The van der Waals surface area contributed by atoms with Crippen LogP contribution in [-0.4, -0.2) is 47.7 Å². The lowest BCUT2D eigenvalue weighted by Crippen LogP contribution is -2.39. The molecule has 0 atom stereocenters. The smallest absolute Gasteiger partial charge is 0.366 e. The van der Waals surface area contributed by atoms with Crippen molar-refractivity contribution in [3.05, 3.63) is 53.1 Å². The van der Waals surface area contributed by atoms with E-state index >= 15 is 0 Å². The number of nitrogens with zero attached hydrogens (tertiary/aromatic N) is 1. The monoisotopic (exact) mass is 467 g/mol. The SMILES string of the molecule is COC(=O)C(O)(O)CCC/C=C/c1c(-c2ccc(F)cc2)c(C)n(S(C)(=O)=O)c1C(C)C. The molecular formula is C23H30FNO6S. The Bertz CT molecular complexity index is 1100. The van der Waals surface area contributed by atoms with Crippen LogP contribution in [0.1, 0.15) is 56.0 Å². The van der Waals surface area contributed by atoms with Crippen LogP contribution in [-0.2, 0) is 19.6 Å². The molecule has 32 heavy (non-hydrogen) atoms. The zero-order valence-electron chi connectivity index (χ0n) is 18.9. The Hall–Kier alpha value is -2.49. The van der Waals surface area contributed by atoms with Crippen molar-refractivity contribution in [1.29, 1.82) is 0 Å². The summed E-state index contributed by atoms with van der Waals surface area (Å²) in [6.07, 6.45) is 5.19. The predicted octanol–water partition coefficient (Wildman–Crippen LogP) is 3.57. The molecule has 9 heteroatoms. The molecule has 0 unspecified atom stereocenters. The van der Waals surface area contributed by atoms with Crippen molar-refractivity contribution in [1.82, 2.24) is 3.97 Å². The minimum atomic E-state index is -3.60. The molecular weight excluding hydrogens is 437 g/mol. The number of methoxy groups -OCH3 is 1. The lowest BCUT2D eigenvalue weighted by atomic mass is 9.96. The van der Waals surface area contributed by atoms with Crippen LogP contribution in [0.25, 0.3) is 17.2 Å². The molecule has 7 nitrogen and oxygen atoms in total. The molecule has 0 amide bonds. The Morgan fingerprint density at radius 1 is 1.25 bits per heavy atom. The van der Waals surface area contributed by atoms with Crippen molar-refractivity contribution in [2.24, 2.45) is 0 Å². The van der Waals surface area contributed by atoms with Crippen LogP contribution < -0.4 is 0 Å². The molecule has 176 valence electrons. The Kier molecular flexibility index (Phi) is 8.03. The molecule has 2 N–H and O–H groups in total. The van der Waals surface area contributed by atoms with Gasteiger partial charge < -0.3 is 14.9 Å². The summed E-state index contributed by atoms with van der Waals surface area (Å²) in [5, 5.41) is 19.4. The third-order valence-electron chi connectivity index (χ3n) is 5.13. The largest absolute Gasteiger partial charge is 0.465 e. The van der Waals surface area contributed by atoms with Gasteiger partial charge in [0.1, 0.15) is 5.82 Å². The van der Waals surface area contributed by atoms with E-state index in [-0.39, 0.29) is 18.8 Å². The fraction of sp³-hybridized carbons (Fsp3) is 0.435. The van der Waals surface area contributed by atoms with Gasteiger partial charge in [-0.1, -0.05) is 38.1 Å². The quantitative estimate of drug-likeness (QED) is 0.332. The third kappa shape index (κ3) is 5.65. The highest BCUT2D eigenvalue weighted by atomic mass is 32.2. The van der Waals surface area contributed by atoms with Crippen molar-refractivity contribution >= 4 is 22.1 Å². The lowest BCUT2D eigenvalue weighted by molar-refractivity contribution is -0.208. The summed E-state index contributed by atoms with van der Waals surface area (Å²) in [5.41, 5.74) is 3.19. The van der Waals surface area contributed by atoms with E-state index in [4.69, 9.17) is 0 Å². The second-order valence-electron chi connectivity index (χ2n) is 8.05. The molecule has 1 aromatic carbocycles. The Morgan fingerprint density at radius 3 is 2.34 bits per heavy atom. The van der Waals surface area contributed by atoms with Crippen LogP contribution in [0.15, 0.2) is 30.3 Å². The van der Waals surface area contributed by atoms with Crippen LogP contribution in [0.2, 0.25) is 0 Å². The molecule has 0 fully saturated rings. The molecule has 0 aliphatic heterocycles. The van der Waals surface area contributed by atoms with E-state index in [9.17, 15) is 27.8 Å². The second-order valence-corrected chi connectivity index (χ2v) is 9.88. The van der Waals surface area contributed by atoms with E-state index in [1.165, 1.54) is 16.1 Å². The van der Waals surface area contributed by atoms with Gasteiger partial charge in [0.25, 0.3) is 5.79 Å². The van der Waals surface area contributed by atoms with Crippen molar-refractivity contribution in [2.75, 3.05) is 13.4 Å². The standard InChI is InChI=1S/C23H30FNO6S/c1-15(2)21-19(9-7-6-8-14-23(27,28)22(26)31-4)20(16(3)25(21)32(5,29)30)17-10-12-18(24)13-11-17/h7,9-13,15,27-28H,6,8,14H2,1-5H3/b9-7+. The Balaban J connectivity index is 2.49. The summed E-state index contributed by atoms with van der Waals surface area (Å²) in [7, 11) is -2.53. The highest BCUT2D eigenvalue weighted by molar-refractivity contribution is 7.89. The lowest BCUT2D eigenvalue weighted by Gasteiger charge is -2.17. The second kappa shape index (κ2) is 9.97. The average Bonchev–Trinajstić information content (AvgIpc) is 3.00. The Labute approximate surface area is 188 Å². The molecule has 0 aliphatic rings. The van der Waals surface area contributed by atoms with E-state index in [1.807, 2.05) is 13.8 Å².